The van der Waals surface area contributed by atoms with Crippen molar-refractivity contribution in [3.63, 3.8) is 0 Å². The molecule has 4 aromatic carbocycles. The molecule has 1 N–H and O–H groups in total. The fourth-order valence-corrected chi connectivity index (χ4v) is 4.10. The zero-order chi connectivity index (χ0) is 23.2. The number of amides is 1. The monoisotopic (exact) mass is 560 g/mol. The van der Waals surface area contributed by atoms with Crippen LogP contribution in [-0.2, 0) is 11.4 Å². The predicted octanol–water partition coefficient (Wildman–Crippen LogP) is 7.49. The maximum Gasteiger partial charge on any atom is 0.266 e. The Balaban J connectivity index is 1.56. The largest absolute Gasteiger partial charge is 0.488 e. The van der Waals surface area contributed by atoms with Crippen LogP contribution in [0.15, 0.2) is 99.4 Å². The van der Waals surface area contributed by atoms with Crippen LogP contribution in [0, 0.1) is 11.3 Å². The minimum Gasteiger partial charge on any atom is -0.488 e. The normalized spacial score (nSPS) is 11.1. The van der Waals surface area contributed by atoms with Gasteiger partial charge in [-0.25, -0.2) is 0 Å². The second-order valence-corrected chi connectivity index (χ2v) is 9.12. The van der Waals surface area contributed by atoms with E-state index >= 15 is 0 Å². The molecule has 0 bridgehead atoms. The van der Waals surface area contributed by atoms with E-state index in [4.69, 9.17) is 4.74 Å². The van der Waals surface area contributed by atoms with Crippen molar-refractivity contribution in [3.05, 3.63) is 111 Å². The van der Waals surface area contributed by atoms with Gasteiger partial charge >= 0.3 is 0 Å². The SMILES string of the molecule is N#C/C(=C/c1cc(Br)ccc1OCc1ccc2ccccc2c1)C(=O)Nc1cccc(Br)c1. The second-order valence-electron chi connectivity index (χ2n) is 7.29. The number of nitrogens with zero attached hydrogens (tertiary/aromatic N) is 1. The van der Waals surface area contributed by atoms with E-state index in [-0.39, 0.29) is 5.57 Å². The van der Waals surface area contributed by atoms with Crippen molar-refractivity contribution < 1.29 is 9.53 Å². The van der Waals surface area contributed by atoms with Crippen LogP contribution in [0.25, 0.3) is 16.8 Å². The van der Waals surface area contributed by atoms with Gasteiger partial charge in [-0.1, -0.05) is 74.3 Å². The van der Waals surface area contributed by atoms with Crippen LogP contribution in [0.1, 0.15) is 11.1 Å². The van der Waals surface area contributed by atoms with E-state index in [1.165, 1.54) is 11.5 Å². The molecule has 0 unspecified atom stereocenters. The van der Waals surface area contributed by atoms with E-state index in [1.807, 2.05) is 54.6 Å². The Kier molecular flexibility index (Phi) is 7.23. The first-order chi connectivity index (χ1) is 16.0. The van der Waals surface area contributed by atoms with Crippen LogP contribution in [0.4, 0.5) is 5.69 Å². The van der Waals surface area contributed by atoms with Crippen molar-refractivity contribution in [3.8, 4) is 11.8 Å². The number of fused-ring (bicyclic) bond motifs is 1. The lowest BCUT2D eigenvalue weighted by molar-refractivity contribution is -0.112. The van der Waals surface area contributed by atoms with Crippen LogP contribution in [-0.4, -0.2) is 5.91 Å². The highest BCUT2D eigenvalue weighted by Gasteiger charge is 2.12. The van der Waals surface area contributed by atoms with Crippen molar-refractivity contribution in [1.29, 1.82) is 5.26 Å². The Morgan fingerprint density at radius 2 is 1.70 bits per heavy atom. The second kappa shape index (κ2) is 10.5. The minimum absolute atomic E-state index is 0.0244. The first-order valence-corrected chi connectivity index (χ1v) is 11.7. The number of carbonyl (C=O) groups is 1. The van der Waals surface area contributed by atoms with Gasteiger partial charge in [-0.2, -0.15) is 5.26 Å². The molecule has 0 aromatic heterocycles. The van der Waals surface area contributed by atoms with Gasteiger partial charge in [0.2, 0.25) is 0 Å². The molecule has 0 aliphatic carbocycles. The van der Waals surface area contributed by atoms with Gasteiger partial charge in [-0.15, -0.1) is 0 Å². The summed E-state index contributed by atoms with van der Waals surface area (Å²) in [5, 5.41) is 14.7. The number of anilines is 1. The maximum absolute atomic E-state index is 12.7. The summed E-state index contributed by atoms with van der Waals surface area (Å²) in [5.41, 5.74) is 2.23. The molecule has 4 nitrogen and oxygen atoms in total. The summed E-state index contributed by atoms with van der Waals surface area (Å²) in [5.74, 6) is 0.0884. The van der Waals surface area contributed by atoms with E-state index in [0.29, 0.717) is 23.6 Å². The third kappa shape index (κ3) is 5.89. The van der Waals surface area contributed by atoms with Gasteiger partial charge in [0, 0.05) is 20.2 Å². The van der Waals surface area contributed by atoms with Crippen molar-refractivity contribution in [2.24, 2.45) is 0 Å². The summed E-state index contributed by atoms with van der Waals surface area (Å²) in [6, 6.07) is 29.0. The highest BCUT2D eigenvalue weighted by atomic mass is 79.9. The first-order valence-electron chi connectivity index (χ1n) is 10.1. The lowest BCUT2D eigenvalue weighted by Crippen LogP contribution is -2.13. The third-order valence-corrected chi connectivity index (χ3v) is 5.91. The molecule has 0 aliphatic heterocycles. The molecule has 33 heavy (non-hydrogen) atoms. The summed E-state index contributed by atoms with van der Waals surface area (Å²) in [4.78, 5) is 12.7. The minimum atomic E-state index is -0.490. The molecule has 0 saturated carbocycles. The molecular weight excluding hydrogens is 544 g/mol. The first kappa shape index (κ1) is 22.8. The lowest BCUT2D eigenvalue weighted by Gasteiger charge is -2.11. The lowest BCUT2D eigenvalue weighted by atomic mass is 10.1. The smallest absolute Gasteiger partial charge is 0.266 e. The zero-order valence-electron chi connectivity index (χ0n) is 17.4. The Labute approximate surface area is 208 Å². The number of ether oxygens (including phenoxy) is 1. The summed E-state index contributed by atoms with van der Waals surface area (Å²) < 4.78 is 7.72. The third-order valence-electron chi connectivity index (χ3n) is 4.93. The maximum atomic E-state index is 12.7. The molecule has 0 radical (unpaired) electrons. The Morgan fingerprint density at radius 1 is 0.909 bits per heavy atom. The fourth-order valence-electron chi connectivity index (χ4n) is 3.32. The molecule has 0 saturated heterocycles. The van der Waals surface area contributed by atoms with Crippen molar-refractivity contribution in [2.45, 2.75) is 6.61 Å². The van der Waals surface area contributed by atoms with E-state index in [9.17, 15) is 10.1 Å². The number of nitrogens with one attached hydrogen (secondary N) is 1. The number of carbonyl (C=O) groups excluding carboxylic acids is 1. The average Bonchev–Trinajstić information content (AvgIpc) is 2.81. The number of rotatable bonds is 6. The van der Waals surface area contributed by atoms with Gasteiger partial charge in [-0.3, -0.25) is 4.79 Å². The van der Waals surface area contributed by atoms with E-state index in [1.54, 1.807) is 12.1 Å². The zero-order valence-corrected chi connectivity index (χ0v) is 20.6. The van der Waals surface area contributed by atoms with Gasteiger partial charge in [0.25, 0.3) is 5.91 Å². The van der Waals surface area contributed by atoms with E-state index in [0.717, 1.165) is 19.9 Å². The standard InChI is InChI=1S/C27H18Br2N2O2/c28-23-6-3-7-25(15-23)31-27(32)22(16-30)13-21-14-24(29)10-11-26(21)33-17-18-8-9-19-4-1-2-5-20(19)12-18/h1-15H,17H2,(H,31,32)/b22-13-. The molecule has 0 aliphatic rings. The predicted molar refractivity (Wildman–Crippen MR) is 139 cm³/mol. The molecule has 162 valence electrons. The molecule has 6 heteroatoms. The summed E-state index contributed by atoms with van der Waals surface area (Å²) in [6.45, 7) is 0.361. The summed E-state index contributed by atoms with van der Waals surface area (Å²) in [6.07, 6.45) is 1.54. The van der Waals surface area contributed by atoms with Crippen LogP contribution >= 0.6 is 31.9 Å². The summed E-state index contributed by atoms with van der Waals surface area (Å²) >= 11 is 6.83. The molecule has 0 heterocycles. The van der Waals surface area contributed by atoms with Crippen LogP contribution in [0.3, 0.4) is 0 Å². The van der Waals surface area contributed by atoms with Gasteiger partial charge in [0.1, 0.15) is 24.0 Å². The fraction of sp³-hybridized carbons (Fsp3) is 0.0370. The van der Waals surface area contributed by atoms with E-state index in [2.05, 4.69) is 61.4 Å². The van der Waals surface area contributed by atoms with E-state index < -0.39 is 5.91 Å². The van der Waals surface area contributed by atoms with Crippen molar-refractivity contribution in [2.75, 3.05) is 5.32 Å². The quantitative estimate of drug-likeness (QED) is 0.196. The molecular formula is C27H18Br2N2O2. The van der Waals surface area contributed by atoms with Gasteiger partial charge in [-0.05, 0) is 64.9 Å². The molecule has 0 spiro atoms. The van der Waals surface area contributed by atoms with Crippen molar-refractivity contribution >= 4 is 60.3 Å². The van der Waals surface area contributed by atoms with Crippen molar-refractivity contribution in [1.82, 2.24) is 0 Å². The number of benzene rings is 4. The number of hydrogen-bond donors (Lipinski definition) is 1. The Morgan fingerprint density at radius 3 is 2.48 bits per heavy atom. The van der Waals surface area contributed by atoms with Crippen LogP contribution < -0.4 is 10.1 Å². The topological polar surface area (TPSA) is 62.1 Å². The number of hydrogen-bond acceptors (Lipinski definition) is 3. The highest BCUT2D eigenvalue weighted by molar-refractivity contribution is 9.10. The van der Waals surface area contributed by atoms with Gasteiger partial charge in [0.15, 0.2) is 0 Å². The van der Waals surface area contributed by atoms with Crippen LogP contribution in [0.2, 0.25) is 0 Å². The average molecular weight is 562 g/mol. The summed E-state index contributed by atoms with van der Waals surface area (Å²) in [7, 11) is 0. The molecule has 0 atom stereocenters. The van der Waals surface area contributed by atoms with Gasteiger partial charge < -0.3 is 10.1 Å². The Bertz CT molecular complexity index is 1410. The van der Waals surface area contributed by atoms with Crippen LogP contribution in [0.5, 0.6) is 5.75 Å². The molecule has 4 rings (SSSR count). The molecule has 0 fully saturated rings. The molecule has 4 aromatic rings. The molecule has 1 amide bonds. The highest BCUT2D eigenvalue weighted by Crippen LogP contribution is 2.27. The van der Waals surface area contributed by atoms with Gasteiger partial charge in [0.05, 0.1) is 0 Å². The number of nitriles is 1. The number of halogens is 2. The Hall–Kier alpha value is -3.40.